The number of fused-ring (bicyclic) bond motifs is 3. The molecule has 3 heteroatoms. The summed E-state index contributed by atoms with van der Waals surface area (Å²) in [6.45, 7) is 0. The second-order valence-electron chi connectivity index (χ2n) is 15.3. The van der Waals surface area contributed by atoms with Crippen molar-refractivity contribution < 1.29 is 4.74 Å². The highest BCUT2D eigenvalue weighted by molar-refractivity contribution is 8.34. The molecule has 0 unspecified atom stereocenters. The highest BCUT2D eigenvalue weighted by Crippen LogP contribution is 2.79. The lowest BCUT2D eigenvalue weighted by molar-refractivity contribution is 0.454. The number of hydrogen-bond acceptors (Lipinski definition) is 2. The average Bonchev–Trinajstić information content (AvgIpc) is 3.34. The molecule has 0 atom stereocenters. The van der Waals surface area contributed by atoms with Crippen LogP contribution in [0.3, 0.4) is 0 Å². The van der Waals surface area contributed by atoms with Crippen LogP contribution in [0.5, 0.6) is 11.5 Å². The number of ether oxygens (including phenoxy) is 1. The number of hydrogen-bond donors (Lipinski definition) is 0. The Hall–Kier alpha value is -7.59. The fourth-order valence-corrected chi connectivity index (χ4v) is 13.0. The Kier molecular flexibility index (Phi) is 9.30. The Morgan fingerprint density at radius 2 is 0.754 bits per heavy atom. The molecule has 1 heterocycles. The molecule has 0 saturated carbocycles. The van der Waals surface area contributed by atoms with Crippen molar-refractivity contribution in [2.45, 2.75) is 19.6 Å². The highest BCUT2D eigenvalue weighted by atomic mass is 32.3. The van der Waals surface area contributed by atoms with E-state index in [0.717, 1.165) is 39.7 Å². The van der Waals surface area contributed by atoms with Gasteiger partial charge in [-0.05, 0) is 117 Å². The average molecular weight is 800 g/mol. The van der Waals surface area contributed by atoms with E-state index in [1.54, 1.807) is 0 Å². The molecule has 0 spiro atoms. The van der Waals surface area contributed by atoms with Crippen LogP contribution in [0.25, 0.3) is 44.2 Å². The molecule has 0 aromatic heterocycles. The van der Waals surface area contributed by atoms with Crippen molar-refractivity contribution in [3.05, 3.63) is 249 Å². The molecule has 10 aromatic carbocycles. The zero-order valence-corrected chi connectivity index (χ0v) is 34.3. The Balaban J connectivity index is 1.02. The topological polar surface area (TPSA) is 12.5 Å². The van der Waals surface area contributed by atoms with Gasteiger partial charge in [0.15, 0.2) is 0 Å². The third kappa shape index (κ3) is 6.39. The molecule has 0 amide bonds. The normalized spacial score (nSPS) is 13.0. The van der Waals surface area contributed by atoms with Crippen molar-refractivity contribution in [3.63, 3.8) is 0 Å². The molecule has 290 valence electrons. The minimum absolute atomic E-state index is 0.902. The lowest BCUT2D eigenvalue weighted by atomic mass is 9.98. The van der Waals surface area contributed by atoms with E-state index in [1.807, 2.05) is 0 Å². The fraction of sp³-hybridized carbons (Fsp3) is 0. The maximum Gasteiger partial charge on any atom is 0.148 e. The van der Waals surface area contributed by atoms with Crippen LogP contribution in [0.2, 0.25) is 0 Å². The van der Waals surface area contributed by atoms with Crippen LogP contribution in [0.1, 0.15) is 0 Å². The van der Waals surface area contributed by atoms with Gasteiger partial charge < -0.3 is 9.64 Å². The lowest BCUT2D eigenvalue weighted by Crippen LogP contribution is -2.12. The Morgan fingerprint density at radius 3 is 1.39 bits per heavy atom. The van der Waals surface area contributed by atoms with Gasteiger partial charge in [0.05, 0.1) is 0 Å². The van der Waals surface area contributed by atoms with Crippen molar-refractivity contribution >= 4 is 37.9 Å². The molecule has 11 rings (SSSR count). The molecule has 0 radical (unpaired) electrons. The van der Waals surface area contributed by atoms with Crippen LogP contribution in [0.15, 0.2) is 268 Å². The third-order valence-corrected chi connectivity index (χ3v) is 15.7. The summed E-state index contributed by atoms with van der Waals surface area (Å²) in [5, 5.41) is 2.49. The quantitative estimate of drug-likeness (QED) is 0.152. The van der Waals surface area contributed by atoms with E-state index in [2.05, 4.69) is 254 Å². The molecule has 0 aliphatic carbocycles. The van der Waals surface area contributed by atoms with Gasteiger partial charge in [-0.2, -0.15) is 0 Å². The summed E-state index contributed by atoms with van der Waals surface area (Å²) in [6, 6.07) is 89.8. The lowest BCUT2D eigenvalue weighted by Gasteiger charge is -2.46. The smallest absolute Gasteiger partial charge is 0.148 e. The summed E-state index contributed by atoms with van der Waals surface area (Å²) < 4.78 is 7.01. The van der Waals surface area contributed by atoms with Crippen LogP contribution in [0.4, 0.5) is 17.1 Å². The van der Waals surface area contributed by atoms with E-state index in [1.165, 1.54) is 52.6 Å². The first-order valence-electron chi connectivity index (χ1n) is 20.7. The van der Waals surface area contributed by atoms with Gasteiger partial charge in [0, 0.05) is 42.2 Å². The van der Waals surface area contributed by atoms with E-state index in [0.29, 0.717) is 0 Å². The standard InChI is InChI=1S/C58H41NOS/c1-4-16-42(17-5-1)43-30-36-47(37-31-43)59(48-38-32-45(33-39-48)53-25-14-19-44-18-10-11-24-52(44)53)49-40-34-46(35-41-49)54-26-15-29-57-58(54)60-55-27-12-13-28-56(55)61(57,50-20-6-2-7-21-50)51-22-8-3-9-23-51/h1-41H. The van der Waals surface area contributed by atoms with Crippen molar-refractivity contribution in [3.8, 4) is 44.9 Å². The maximum atomic E-state index is 7.01. The molecular formula is C58H41NOS. The first-order valence-corrected chi connectivity index (χ1v) is 22.4. The van der Waals surface area contributed by atoms with Gasteiger partial charge in [-0.25, -0.2) is 0 Å². The summed E-state index contributed by atoms with van der Waals surface area (Å²) in [7, 11) is -1.89. The third-order valence-electron chi connectivity index (χ3n) is 11.8. The van der Waals surface area contributed by atoms with Gasteiger partial charge in [-0.1, -0.05) is 170 Å². The molecule has 0 bridgehead atoms. The maximum absolute atomic E-state index is 7.01. The first-order chi connectivity index (χ1) is 30.3. The molecule has 1 aliphatic heterocycles. The van der Waals surface area contributed by atoms with Gasteiger partial charge in [0.25, 0.3) is 0 Å². The molecule has 2 nitrogen and oxygen atoms in total. The zero-order chi connectivity index (χ0) is 40.6. The summed E-state index contributed by atoms with van der Waals surface area (Å²) in [4.78, 5) is 7.33. The minimum Gasteiger partial charge on any atom is -0.454 e. The number of nitrogens with zero attached hydrogens (tertiary/aromatic N) is 1. The molecule has 10 aromatic rings. The minimum atomic E-state index is -1.89. The number of rotatable bonds is 8. The molecule has 1 aliphatic rings. The van der Waals surface area contributed by atoms with Crippen molar-refractivity contribution in [1.82, 2.24) is 0 Å². The van der Waals surface area contributed by atoms with Crippen LogP contribution in [-0.4, -0.2) is 0 Å². The first kappa shape index (κ1) is 36.5. The second-order valence-corrected chi connectivity index (χ2v) is 18.3. The monoisotopic (exact) mass is 799 g/mol. The highest BCUT2D eigenvalue weighted by Gasteiger charge is 2.41. The van der Waals surface area contributed by atoms with Crippen molar-refractivity contribution in [1.29, 1.82) is 0 Å². The Morgan fingerprint density at radius 1 is 0.311 bits per heavy atom. The Labute approximate surface area is 358 Å². The van der Waals surface area contributed by atoms with E-state index in [-0.39, 0.29) is 0 Å². The van der Waals surface area contributed by atoms with Gasteiger partial charge >= 0.3 is 0 Å². The van der Waals surface area contributed by atoms with Crippen LogP contribution >= 0.6 is 10.0 Å². The summed E-state index contributed by atoms with van der Waals surface area (Å²) in [5.74, 6) is 1.81. The summed E-state index contributed by atoms with van der Waals surface area (Å²) >= 11 is 0. The summed E-state index contributed by atoms with van der Waals surface area (Å²) in [6.07, 6.45) is 0. The Bertz CT molecular complexity index is 3080. The van der Waals surface area contributed by atoms with Crippen LogP contribution < -0.4 is 9.64 Å². The van der Waals surface area contributed by atoms with Gasteiger partial charge in [-0.15, -0.1) is 10.0 Å². The number of para-hydroxylation sites is 2. The van der Waals surface area contributed by atoms with Gasteiger partial charge in [-0.3, -0.25) is 0 Å². The van der Waals surface area contributed by atoms with Crippen molar-refractivity contribution in [2.75, 3.05) is 4.90 Å². The number of benzene rings is 10. The van der Waals surface area contributed by atoms with E-state index in [9.17, 15) is 0 Å². The molecule has 0 fully saturated rings. The molecular weight excluding hydrogens is 759 g/mol. The van der Waals surface area contributed by atoms with Crippen LogP contribution in [-0.2, 0) is 0 Å². The summed E-state index contributed by atoms with van der Waals surface area (Å²) in [5.41, 5.74) is 10.2. The second kappa shape index (κ2) is 15.5. The van der Waals surface area contributed by atoms with E-state index in [4.69, 9.17) is 4.74 Å². The van der Waals surface area contributed by atoms with E-state index >= 15 is 0 Å². The molecule has 0 saturated heterocycles. The zero-order valence-electron chi connectivity index (χ0n) is 33.4. The van der Waals surface area contributed by atoms with Gasteiger partial charge in [0.2, 0.25) is 0 Å². The predicted octanol–water partition coefficient (Wildman–Crippen LogP) is 16.8. The van der Waals surface area contributed by atoms with Crippen molar-refractivity contribution in [2.24, 2.45) is 0 Å². The largest absolute Gasteiger partial charge is 0.454 e. The molecule has 61 heavy (non-hydrogen) atoms. The predicted molar refractivity (Wildman–Crippen MR) is 255 cm³/mol. The van der Waals surface area contributed by atoms with E-state index < -0.39 is 10.0 Å². The SMILES string of the molecule is c1ccc(-c2ccc(N(c3ccc(-c4cccc5c4Oc4ccccc4S5(c4ccccc4)c4ccccc4)cc3)c3ccc(-c4cccc5ccccc45)cc3)cc2)cc1. The number of anilines is 3. The van der Waals surface area contributed by atoms with Gasteiger partial charge in [0.1, 0.15) is 11.5 Å². The fourth-order valence-electron chi connectivity index (χ4n) is 8.94. The molecule has 0 N–H and O–H groups in total. The van der Waals surface area contributed by atoms with Crippen LogP contribution in [0, 0.1) is 0 Å².